The average molecular weight is 536 g/mol. The van der Waals surface area contributed by atoms with Crippen molar-refractivity contribution in [2.45, 2.75) is 18.9 Å². The monoisotopic (exact) mass is 536 g/mol. The van der Waals surface area contributed by atoms with Crippen LogP contribution in [0, 0.1) is 0 Å². The van der Waals surface area contributed by atoms with Gasteiger partial charge in [0.2, 0.25) is 5.88 Å². The summed E-state index contributed by atoms with van der Waals surface area (Å²) in [7, 11) is 1.42. The Hall–Kier alpha value is -3.24. The zero-order chi connectivity index (χ0) is 26.1. The van der Waals surface area contributed by atoms with Crippen molar-refractivity contribution >= 4 is 32.9 Å². The van der Waals surface area contributed by atoms with Crippen LogP contribution in [0.5, 0.6) is 5.88 Å². The van der Waals surface area contributed by atoms with E-state index in [-0.39, 0.29) is 55.4 Å². The van der Waals surface area contributed by atoms with E-state index in [2.05, 4.69) is 20.3 Å². The van der Waals surface area contributed by atoms with Crippen molar-refractivity contribution < 1.29 is 40.7 Å². The molecule has 194 valence electrons. The summed E-state index contributed by atoms with van der Waals surface area (Å²) >= 11 is 1.08. The van der Waals surface area contributed by atoms with Gasteiger partial charge in [-0.25, -0.2) is 14.8 Å². The quantitative estimate of drug-likeness (QED) is 0.480. The summed E-state index contributed by atoms with van der Waals surface area (Å²) in [6, 6.07) is 1.52. The predicted octanol–water partition coefficient (Wildman–Crippen LogP) is 4.41. The van der Waals surface area contributed by atoms with Gasteiger partial charge in [-0.05, 0) is 23.8 Å². The fourth-order valence-corrected chi connectivity index (χ4v) is 4.30. The molecule has 0 saturated carbocycles. The highest BCUT2D eigenvalue weighted by atomic mass is 32.1. The summed E-state index contributed by atoms with van der Waals surface area (Å²) in [5.41, 5.74) is -2.45. The number of amides is 1. The molecule has 3 heterocycles. The van der Waals surface area contributed by atoms with Crippen molar-refractivity contribution in [3.05, 3.63) is 41.2 Å². The molecule has 16 heteroatoms. The van der Waals surface area contributed by atoms with Crippen LogP contribution in [0.2, 0.25) is 0 Å². The highest BCUT2D eigenvalue weighted by molar-refractivity contribution is 7.22. The first kappa shape index (κ1) is 25.8. The molecule has 1 amide bonds. The van der Waals surface area contributed by atoms with Gasteiger partial charge in [0, 0.05) is 32.7 Å². The van der Waals surface area contributed by atoms with Crippen LogP contribution in [0.15, 0.2) is 24.5 Å². The number of benzene rings is 1. The summed E-state index contributed by atoms with van der Waals surface area (Å²) in [5.74, 6) is 0.247. The topological polar surface area (TPSA) is 92.7 Å². The van der Waals surface area contributed by atoms with E-state index in [4.69, 9.17) is 9.57 Å². The molecule has 1 aromatic carbocycles. The second-order valence-corrected chi connectivity index (χ2v) is 8.66. The van der Waals surface area contributed by atoms with Crippen molar-refractivity contribution in [2.75, 3.05) is 38.6 Å². The number of anilines is 1. The Kier molecular flexibility index (Phi) is 7.19. The number of halogens is 6. The number of fused-ring (bicyclic) bond motifs is 1. The summed E-state index contributed by atoms with van der Waals surface area (Å²) < 4.78 is 83.6. The molecule has 1 aliphatic rings. The molecule has 1 fully saturated rings. The van der Waals surface area contributed by atoms with Crippen LogP contribution in [0.3, 0.4) is 0 Å². The molecule has 36 heavy (non-hydrogen) atoms. The van der Waals surface area contributed by atoms with E-state index in [9.17, 15) is 31.1 Å². The molecule has 0 radical (unpaired) electrons. The lowest BCUT2D eigenvalue weighted by atomic mass is 10.0. The lowest BCUT2D eigenvalue weighted by Crippen LogP contribution is -2.47. The summed E-state index contributed by atoms with van der Waals surface area (Å²) in [6.45, 7) is 0.758. The van der Waals surface area contributed by atoms with Crippen molar-refractivity contribution in [1.82, 2.24) is 24.9 Å². The number of nitrogens with one attached hydrogen (secondary N) is 1. The first-order valence-electron chi connectivity index (χ1n) is 10.3. The van der Waals surface area contributed by atoms with E-state index in [1.54, 1.807) is 4.90 Å². The SMILES string of the molecule is COc1ncnc2sc(NC(=O)ON3CCN(Cc4cc(C(F)(F)F)cc(C(F)(F)F)c4)CC3)nc12. The third kappa shape index (κ3) is 6.11. The first-order valence-corrected chi connectivity index (χ1v) is 11.1. The van der Waals surface area contributed by atoms with E-state index < -0.39 is 29.6 Å². The zero-order valence-corrected chi connectivity index (χ0v) is 19.3. The van der Waals surface area contributed by atoms with Gasteiger partial charge in [0.05, 0.1) is 18.2 Å². The van der Waals surface area contributed by atoms with Crippen molar-refractivity contribution in [3.8, 4) is 5.88 Å². The third-order valence-electron chi connectivity index (χ3n) is 5.16. The number of hydrogen-bond acceptors (Lipinski definition) is 9. The van der Waals surface area contributed by atoms with E-state index in [1.807, 2.05) is 0 Å². The summed E-state index contributed by atoms with van der Waals surface area (Å²) in [4.78, 5) is 31.8. The molecular weight excluding hydrogens is 518 g/mol. The van der Waals surface area contributed by atoms with Gasteiger partial charge in [0.15, 0.2) is 15.5 Å². The predicted molar refractivity (Wildman–Crippen MR) is 115 cm³/mol. The lowest BCUT2D eigenvalue weighted by molar-refractivity contribution is -0.143. The maximum Gasteiger partial charge on any atom is 0.432 e. The Balaban J connectivity index is 1.33. The number of ether oxygens (including phenoxy) is 1. The normalized spacial score (nSPS) is 15.8. The molecule has 1 N–H and O–H groups in total. The fraction of sp³-hybridized carbons (Fsp3) is 0.400. The van der Waals surface area contributed by atoms with Crippen LogP contribution >= 0.6 is 11.3 Å². The third-order valence-corrected chi connectivity index (χ3v) is 6.04. The number of hydroxylamine groups is 2. The van der Waals surface area contributed by atoms with Gasteiger partial charge >= 0.3 is 18.4 Å². The van der Waals surface area contributed by atoms with Crippen molar-refractivity contribution in [2.24, 2.45) is 0 Å². The second-order valence-electron chi connectivity index (χ2n) is 7.68. The number of methoxy groups -OCH3 is 1. The zero-order valence-electron chi connectivity index (χ0n) is 18.5. The Morgan fingerprint density at radius 2 is 1.67 bits per heavy atom. The second kappa shape index (κ2) is 10.0. The molecule has 0 unspecified atom stereocenters. The molecular formula is C20H18F6N6O3S. The standard InChI is InChI=1S/C20H18F6N6O3S/c1-34-15-14-16(28-10-27-15)36-17(29-14)30-18(33)35-32-4-2-31(3-5-32)9-11-6-12(19(21,22)23)8-13(7-11)20(24,25)26/h6-8,10H,2-5,9H2,1H3,(H,29,30,33). The highest BCUT2D eigenvalue weighted by Gasteiger charge is 2.37. The molecule has 0 aliphatic carbocycles. The Labute approximate surface area is 203 Å². The summed E-state index contributed by atoms with van der Waals surface area (Å²) in [5, 5.41) is 4.02. The first-order chi connectivity index (χ1) is 16.9. The van der Waals surface area contributed by atoms with Crippen LogP contribution in [0.1, 0.15) is 16.7 Å². The molecule has 0 bridgehead atoms. The lowest BCUT2D eigenvalue weighted by Gasteiger charge is -2.33. The fourth-order valence-electron chi connectivity index (χ4n) is 3.51. The van der Waals surface area contributed by atoms with Gasteiger partial charge in [-0.15, -0.1) is 5.06 Å². The number of piperazine rings is 1. The van der Waals surface area contributed by atoms with Gasteiger partial charge in [0.25, 0.3) is 0 Å². The maximum absolute atomic E-state index is 13.1. The Morgan fingerprint density at radius 1 is 1.03 bits per heavy atom. The van der Waals surface area contributed by atoms with Crippen LogP contribution in [-0.4, -0.2) is 64.3 Å². The van der Waals surface area contributed by atoms with E-state index >= 15 is 0 Å². The molecule has 3 aromatic rings. The molecule has 9 nitrogen and oxygen atoms in total. The van der Waals surface area contributed by atoms with Gasteiger partial charge in [-0.1, -0.05) is 11.3 Å². The van der Waals surface area contributed by atoms with Gasteiger partial charge in [-0.3, -0.25) is 10.2 Å². The number of hydrogen-bond donors (Lipinski definition) is 1. The molecule has 0 atom stereocenters. The van der Waals surface area contributed by atoms with Gasteiger partial charge in [0.1, 0.15) is 6.33 Å². The minimum atomic E-state index is -4.91. The smallest absolute Gasteiger partial charge is 0.432 e. The van der Waals surface area contributed by atoms with Gasteiger partial charge < -0.3 is 9.57 Å². The van der Waals surface area contributed by atoms with Crippen molar-refractivity contribution in [3.63, 3.8) is 0 Å². The molecule has 2 aromatic heterocycles. The van der Waals surface area contributed by atoms with E-state index in [0.29, 0.717) is 22.5 Å². The maximum atomic E-state index is 13.1. The number of aromatic nitrogens is 3. The van der Waals surface area contributed by atoms with Crippen molar-refractivity contribution in [1.29, 1.82) is 0 Å². The number of rotatable bonds is 5. The number of alkyl halides is 6. The number of thiazole rings is 1. The summed E-state index contributed by atoms with van der Waals surface area (Å²) in [6.07, 6.45) is -9.33. The van der Waals surface area contributed by atoms with Crippen LogP contribution in [0.25, 0.3) is 10.3 Å². The molecule has 0 spiro atoms. The molecule has 4 rings (SSSR count). The van der Waals surface area contributed by atoms with Crippen LogP contribution in [0.4, 0.5) is 36.3 Å². The van der Waals surface area contributed by atoms with Crippen LogP contribution in [-0.2, 0) is 23.7 Å². The van der Waals surface area contributed by atoms with Crippen LogP contribution < -0.4 is 10.1 Å². The largest absolute Gasteiger partial charge is 0.479 e. The van der Waals surface area contributed by atoms with Gasteiger partial charge in [-0.2, -0.15) is 31.3 Å². The molecule has 1 saturated heterocycles. The average Bonchev–Trinajstić information content (AvgIpc) is 3.21. The minimum Gasteiger partial charge on any atom is -0.479 e. The highest BCUT2D eigenvalue weighted by Crippen LogP contribution is 2.36. The number of nitrogens with zero attached hydrogens (tertiary/aromatic N) is 5. The van der Waals surface area contributed by atoms with E-state index in [0.717, 1.165) is 11.3 Å². The van der Waals surface area contributed by atoms with E-state index in [1.165, 1.54) is 18.5 Å². The Bertz CT molecular complexity index is 1210. The Morgan fingerprint density at radius 3 is 2.25 bits per heavy atom. The minimum absolute atomic E-state index is 0.0992. The molecule has 1 aliphatic heterocycles. The number of carbonyl (C=O) groups is 1. The number of carbonyl (C=O) groups excluding carboxylic acids is 1.